The van der Waals surface area contributed by atoms with Crippen LogP contribution in [-0.2, 0) is 0 Å². The second-order valence-electron chi connectivity index (χ2n) is 5.38. The second kappa shape index (κ2) is 6.81. The Labute approximate surface area is 160 Å². The summed E-state index contributed by atoms with van der Waals surface area (Å²) in [6, 6.07) is 14.1. The van der Waals surface area contributed by atoms with Gasteiger partial charge in [-0.05, 0) is 47.9 Å². The van der Waals surface area contributed by atoms with Crippen molar-refractivity contribution < 1.29 is 14.0 Å². The van der Waals surface area contributed by atoms with Crippen LogP contribution in [0, 0.1) is 0 Å². The normalized spacial score (nSPS) is 10.8. The largest absolute Gasteiger partial charge is 0.450 e. The first kappa shape index (κ1) is 16.6. The minimum atomic E-state index is -0.449. The summed E-state index contributed by atoms with van der Waals surface area (Å²) < 4.78 is 10.3. The van der Waals surface area contributed by atoms with Gasteiger partial charge in [0.2, 0.25) is 5.78 Å². The number of hydrogen-bond acceptors (Lipinski definition) is 6. The number of halogens is 1. The van der Waals surface area contributed by atoms with Crippen molar-refractivity contribution in [1.82, 2.24) is 9.59 Å². The van der Waals surface area contributed by atoms with Gasteiger partial charge in [-0.15, -0.1) is 5.10 Å². The van der Waals surface area contributed by atoms with Gasteiger partial charge in [0, 0.05) is 20.8 Å². The van der Waals surface area contributed by atoms with Gasteiger partial charge >= 0.3 is 0 Å². The van der Waals surface area contributed by atoms with Crippen LogP contribution in [0.15, 0.2) is 62.8 Å². The first-order valence-electron chi connectivity index (χ1n) is 7.53. The quantitative estimate of drug-likeness (QED) is 0.483. The molecule has 8 heteroatoms. The summed E-state index contributed by atoms with van der Waals surface area (Å²) in [4.78, 5) is 25.3. The highest BCUT2D eigenvalue weighted by Crippen LogP contribution is 2.33. The number of rotatable bonds is 4. The number of hydrogen-bond donors (Lipinski definition) is 1. The van der Waals surface area contributed by atoms with Crippen molar-refractivity contribution in [2.75, 3.05) is 5.32 Å². The summed E-state index contributed by atoms with van der Waals surface area (Å²) in [5.74, 6) is -0.694. The van der Waals surface area contributed by atoms with Crippen molar-refractivity contribution in [3.63, 3.8) is 0 Å². The molecule has 4 aromatic rings. The van der Waals surface area contributed by atoms with Crippen molar-refractivity contribution in [3.05, 3.63) is 75.4 Å². The molecule has 1 amide bonds. The van der Waals surface area contributed by atoms with E-state index in [1.807, 2.05) is 6.07 Å². The van der Waals surface area contributed by atoms with E-state index in [4.69, 9.17) is 4.42 Å². The molecule has 0 spiro atoms. The summed E-state index contributed by atoms with van der Waals surface area (Å²) in [5.41, 5.74) is 1.48. The third kappa shape index (κ3) is 3.04. The average Bonchev–Trinajstić information content (AvgIpc) is 3.30. The first-order valence-corrected chi connectivity index (χ1v) is 9.16. The maximum atomic E-state index is 12.9. The number of furan rings is 1. The molecule has 26 heavy (non-hydrogen) atoms. The monoisotopic (exact) mass is 427 g/mol. The van der Waals surface area contributed by atoms with Crippen molar-refractivity contribution >= 4 is 55.8 Å². The molecule has 0 fully saturated rings. The lowest BCUT2D eigenvalue weighted by Gasteiger charge is -2.04. The van der Waals surface area contributed by atoms with Crippen LogP contribution < -0.4 is 5.32 Å². The fourth-order valence-electron chi connectivity index (χ4n) is 2.50. The van der Waals surface area contributed by atoms with E-state index in [2.05, 4.69) is 30.8 Å². The molecule has 4 rings (SSSR count). The highest BCUT2D eigenvalue weighted by molar-refractivity contribution is 9.10. The maximum absolute atomic E-state index is 12.9. The molecular formula is C18H10BrN3O3S. The third-order valence-corrected chi connectivity index (χ3v) is 4.77. The zero-order valence-corrected chi connectivity index (χ0v) is 15.5. The number of carbonyl (C=O) groups excluding carboxylic acids is 2. The molecule has 2 heterocycles. The zero-order chi connectivity index (χ0) is 18.1. The van der Waals surface area contributed by atoms with Crippen molar-refractivity contribution in [2.24, 2.45) is 0 Å². The van der Waals surface area contributed by atoms with Gasteiger partial charge in [-0.3, -0.25) is 9.59 Å². The number of para-hydroxylation sites is 1. The van der Waals surface area contributed by atoms with Crippen LogP contribution in [0.4, 0.5) is 5.69 Å². The molecule has 0 aliphatic heterocycles. The standard InChI is InChI=1S/C18H10BrN3O3S/c19-11-7-5-10(6-8-11)16(23)17-15(12-3-1-2-4-14(12)25-17)20-18(24)13-9-26-22-21-13/h1-9H,(H,20,24). The Hall–Kier alpha value is -2.84. The van der Waals surface area contributed by atoms with Crippen molar-refractivity contribution in [1.29, 1.82) is 0 Å². The number of anilines is 1. The number of ketones is 1. The van der Waals surface area contributed by atoms with E-state index in [0.717, 1.165) is 16.0 Å². The molecule has 0 aliphatic carbocycles. The Bertz CT molecular complexity index is 1100. The molecule has 2 aromatic heterocycles. The topological polar surface area (TPSA) is 85.1 Å². The van der Waals surface area contributed by atoms with E-state index in [1.54, 1.807) is 42.5 Å². The molecule has 0 bridgehead atoms. The van der Waals surface area contributed by atoms with Gasteiger partial charge in [0.25, 0.3) is 5.91 Å². The van der Waals surface area contributed by atoms with Crippen LogP contribution in [0.1, 0.15) is 26.6 Å². The van der Waals surface area contributed by atoms with Crippen molar-refractivity contribution in [3.8, 4) is 0 Å². The van der Waals surface area contributed by atoms with Crippen LogP contribution >= 0.6 is 27.5 Å². The summed E-state index contributed by atoms with van der Waals surface area (Å²) >= 11 is 4.42. The third-order valence-electron chi connectivity index (χ3n) is 3.74. The SMILES string of the molecule is O=C(Nc1c(C(=O)c2ccc(Br)cc2)oc2ccccc12)c1csnn1. The predicted molar refractivity (Wildman–Crippen MR) is 102 cm³/mol. The number of carbonyl (C=O) groups is 2. The van der Waals surface area contributed by atoms with Gasteiger partial charge in [-0.25, -0.2) is 0 Å². The van der Waals surface area contributed by atoms with Gasteiger partial charge < -0.3 is 9.73 Å². The highest BCUT2D eigenvalue weighted by atomic mass is 79.9. The summed E-state index contributed by atoms with van der Waals surface area (Å²) in [5, 5.41) is 8.67. The van der Waals surface area contributed by atoms with E-state index in [1.165, 1.54) is 5.38 Å². The zero-order valence-electron chi connectivity index (χ0n) is 13.1. The molecule has 1 N–H and O–H groups in total. The predicted octanol–water partition coefficient (Wildman–Crippen LogP) is 4.53. The number of fused-ring (bicyclic) bond motifs is 1. The number of aromatic nitrogens is 2. The molecule has 0 saturated carbocycles. The Morgan fingerprint density at radius 2 is 1.85 bits per heavy atom. The average molecular weight is 428 g/mol. The number of benzene rings is 2. The first-order chi connectivity index (χ1) is 12.6. The Balaban J connectivity index is 1.80. The lowest BCUT2D eigenvalue weighted by molar-refractivity contribution is 0.101. The molecular weight excluding hydrogens is 418 g/mol. The van der Waals surface area contributed by atoms with Gasteiger partial charge in [0.05, 0.1) is 5.69 Å². The van der Waals surface area contributed by atoms with Gasteiger partial charge in [0.1, 0.15) is 5.58 Å². The molecule has 0 radical (unpaired) electrons. The molecule has 128 valence electrons. The lowest BCUT2D eigenvalue weighted by atomic mass is 10.1. The summed E-state index contributed by atoms with van der Waals surface area (Å²) in [6.07, 6.45) is 0. The number of nitrogens with zero attached hydrogens (tertiary/aromatic N) is 2. The summed E-state index contributed by atoms with van der Waals surface area (Å²) in [7, 11) is 0. The number of amides is 1. The highest BCUT2D eigenvalue weighted by Gasteiger charge is 2.24. The van der Waals surface area contributed by atoms with Crippen LogP contribution in [-0.4, -0.2) is 21.3 Å². The molecule has 2 aromatic carbocycles. The molecule has 0 aliphatic rings. The Morgan fingerprint density at radius 3 is 2.58 bits per heavy atom. The fourth-order valence-corrected chi connectivity index (χ4v) is 3.20. The van der Waals surface area contributed by atoms with Gasteiger partial charge in [-0.1, -0.05) is 32.6 Å². The molecule has 6 nitrogen and oxygen atoms in total. The molecule has 0 atom stereocenters. The summed E-state index contributed by atoms with van der Waals surface area (Å²) in [6.45, 7) is 0. The molecule has 0 unspecified atom stereocenters. The van der Waals surface area contributed by atoms with E-state index in [9.17, 15) is 9.59 Å². The van der Waals surface area contributed by atoms with Crippen molar-refractivity contribution in [2.45, 2.75) is 0 Å². The Kier molecular flexibility index (Phi) is 4.36. The maximum Gasteiger partial charge on any atom is 0.277 e. The van der Waals surface area contributed by atoms with Crippen LogP contribution in [0.25, 0.3) is 11.0 Å². The van der Waals surface area contributed by atoms with Crippen LogP contribution in [0.2, 0.25) is 0 Å². The van der Waals surface area contributed by atoms with E-state index < -0.39 is 5.91 Å². The molecule has 0 saturated heterocycles. The van der Waals surface area contributed by atoms with Gasteiger partial charge in [-0.2, -0.15) is 0 Å². The van der Waals surface area contributed by atoms with Gasteiger partial charge in [0.15, 0.2) is 11.5 Å². The van der Waals surface area contributed by atoms with E-state index >= 15 is 0 Å². The minimum Gasteiger partial charge on any atom is -0.450 e. The van der Waals surface area contributed by atoms with Crippen LogP contribution in [0.5, 0.6) is 0 Å². The smallest absolute Gasteiger partial charge is 0.277 e. The Morgan fingerprint density at radius 1 is 1.08 bits per heavy atom. The van der Waals surface area contributed by atoms with E-state index in [-0.39, 0.29) is 17.2 Å². The fraction of sp³-hybridized carbons (Fsp3) is 0. The second-order valence-corrected chi connectivity index (χ2v) is 6.91. The lowest BCUT2D eigenvalue weighted by Crippen LogP contribution is -2.14. The number of nitrogens with one attached hydrogen (secondary N) is 1. The van der Waals surface area contributed by atoms with Crippen LogP contribution in [0.3, 0.4) is 0 Å². The van der Waals surface area contributed by atoms with E-state index in [0.29, 0.717) is 22.2 Å². The minimum absolute atomic E-state index is 0.0741.